The Kier molecular flexibility index (Phi) is 5.06. The van der Waals surface area contributed by atoms with Gasteiger partial charge in [-0.25, -0.2) is 0 Å². The van der Waals surface area contributed by atoms with Crippen LogP contribution in [0.25, 0.3) is 0 Å². The Hall–Kier alpha value is -1.25. The first-order chi connectivity index (χ1) is 9.04. The molecule has 1 aromatic carbocycles. The first-order valence-corrected chi connectivity index (χ1v) is 6.23. The fraction of sp³-hybridized carbons (Fsp3) is 0.364. The van der Waals surface area contributed by atoms with Crippen LogP contribution in [0.4, 0.5) is 26.3 Å². The van der Waals surface area contributed by atoms with Gasteiger partial charge in [0, 0.05) is 17.3 Å². The summed E-state index contributed by atoms with van der Waals surface area (Å²) in [5.74, 6) is -1.80. The van der Waals surface area contributed by atoms with E-state index in [1.165, 1.54) is 0 Å². The Morgan fingerprint density at radius 2 is 1.75 bits per heavy atom. The lowest BCUT2D eigenvalue weighted by atomic mass is 10.0. The minimum absolute atomic E-state index is 0.0908. The number of hydrogen-bond acceptors (Lipinski definition) is 2. The van der Waals surface area contributed by atoms with Gasteiger partial charge in [0.15, 0.2) is 5.78 Å². The van der Waals surface area contributed by atoms with Crippen LogP contribution in [0.3, 0.4) is 0 Å². The van der Waals surface area contributed by atoms with Gasteiger partial charge in [0.05, 0.1) is 5.56 Å². The number of ether oxygens (including phenoxy) is 1. The van der Waals surface area contributed by atoms with Crippen molar-refractivity contribution in [1.82, 2.24) is 0 Å². The van der Waals surface area contributed by atoms with E-state index in [-0.39, 0.29) is 11.8 Å². The third-order valence-electron chi connectivity index (χ3n) is 2.15. The summed E-state index contributed by atoms with van der Waals surface area (Å²) >= 11 is 2.88. The Bertz CT molecular complexity index is 495. The summed E-state index contributed by atoms with van der Waals surface area (Å²) in [6.07, 6.45) is -10.2. The lowest BCUT2D eigenvalue weighted by molar-refractivity contribution is -0.274. The lowest BCUT2D eigenvalue weighted by Gasteiger charge is -2.14. The molecular formula is C11H7BrF6O2. The van der Waals surface area contributed by atoms with E-state index in [0.29, 0.717) is 18.2 Å². The molecule has 0 spiro atoms. The van der Waals surface area contributed by atoms with Crippen LogP contribution in [0, 0.1) is 0 Å². The van der Waals surface area contributed by atoms with Gasteiger partial charge in [-0.2, -0.15) is 13.2 Å². The SMILES string of the molecule is O=C(CCBr)c1cc(OC(F)(F)F)ccc1C(F)(F)F. The Labute approximate surface area is 117 Å². The van der Waals surface area contributed by atoms with E-state index in [1.54, 1.807) is 0 Å². The predicted molar refractivity (Wildman–Crippen MR) is 60.9 cm³/mol. The van der Waals surface area contributed by atoms with Crippen LogP contribution in [0.5, 0.6) is 5.75 Å². The second-order valence-electron chi connectivity index (χ2n) is 3.62. The molecule has 0 fully saturated rings. The van der Waals surface area contributed by atoms with Crippen LogP contribution in [0.2, 0.25) is 0 Å². The Morgan fingerprint density at radius 1 is 1.15 bits per heavy atom. The Balaban J connectivity index is 3.25. The number of Topliss-reactive ketones (excluding diaryl/α,β-unsaturated/α-hetero) is 1. The predicted octanol–water partition coefficient (Wildman–Crippen LogP) is 4.57. The Morgan fingerprint density at radius 3 is 2.20 bits per heavy atom. The van der Waals surface area contributed by atoms with Gasteiger partial charge in [-0.15, -0.1) is 13.2 Å². The quantitative estimate of drug-likeness (QED) is 0.444. The molecule has 0 radical (unpaired) electrons. The summed E-state index contributed by atoms with van der Waals surface area (Å²) in [5.41, 5.74) is -2.14. The maximum absolute atomic E-state index is 12.7. The van der Waals surface area contributed by atoms with E-state index < -0.39 is 35.2 Å². The summed E-state index contributed by atoms with van der Waals surface area (Å²) in [6.45, 7) is 0. The average molecular weight is 365 g/mol. The van der Waals surface area contributed by atoms with Crippen molar-refractivity contribution in [1.29, 1.82) is 0 Å². The molecule has 0 N–H and O–H groups in total. The molecule has 112 valence electrons. The molecule has 1 rings (SSSR count). The maximum Gasteiger partial charge on any atom is 0.573 e. The van der Waals surface area contributed by atoms with E-state index in [1.807, 2.05) is 0 Å². The highest BCUT2D eigenvalue weighted by Gasteiger charge is 2.36. The normalized spacial score (nSPS) is 12.3. The zero-order valence-electron chi connectivity index (χ0n) is 9.61. The third-order valence-corrected chi connectivity index (χ3v) is 2.55. The molecule has 0 aliphatic heterocycles. The highest BCUT2D eigenvalue weighted by atomic mass is 79.9. The summed E-state index contributed by atoms with van der Waals surface area (Å²) < 4.78 is 77.6. The average Bonchev–Trinajstić information content (AvgIpc) is 2.25. The van der Waals surface area contributed by atoms with Crippen molar-refractivity contribution >= 4 is 21.7 Å². The van der Waals surface area contributed by atoms with Gasteiger partial charge in [0.25, 0.3) is 0 Å². The van der Waals surface area contributed by atoms with E-state index in [4.69, 9.17) is 0 Å². The highest BCUT2D eigenvalue weighted by molar-refractivity contribution is 9.09. The number of halogens is 7. The van der Waals surface area contributed by atoms with Crippen LogP contribution < -0.4 is 4.74 Å². The lowest BCUT2D eigenvalue weighted by Crippen LogP contribution is -2.19. The van der Waals surface area contributed by atoms with Gasteiger partial charge >= 0.3 is 12.5 Å². The number of ketones is 1. The van der Waals surface area contributed by atoms with Crippen molar-refractivity contribution in [2.45, 2.75) is 19.0 Å². The largest absolute Gasteiger partial charge is 0.573 e. The van der Waals surface area contributed by atoms with Gasteiger partial charge < -0.3 is 4.74 Å². The molecule has 20 heavy (non-hydrogen) atoms. The van der Waals surface area contributed by atoms with Crippen LogP contribution in [-0.4, -0.2) is 17.5 Å². The summed E-state index contributed by atoms with van der Waals surface area (Å²) in [7, 11) is 0. The molecule has 9 heteroatoms. The van der Waals surface area contributed by atoms with E-state index >= 15 is 0 Å². The highest BCUT2D eigenvalue weighted by Crippen LogP contribution is 2.35. The first kappa shape index (κ1) is 16.8. The minimum atomic E-state index is -5.05. The van der Waals surface area contributed by atoms with Crippen molar-refractivity contribution in [2.24, 2.45) is 0 Å². The van der Waals surface area contributed by atoms with E-state index in [0.717, 1.165) is 0 Å². The second-order valence-corrected chi connectivity index (χ2v) is 4.41. The fourth-order valence-corrected chi connectivity index (χ4v) is 1.78. The summed E-state index contributed by atoms with van der Waals surface area (Å²) in [4.78, 5) is 11.6. The van der Waals surface area contributed by atoms with Gasteiger partial charge in [-0.1, -0.05) is 15.9 Å². The minimum Gasteiger partial charge on any atom is -0.406 e. The molecule has 0 aliphatic rings. The zero-order chi connectivity index (χ0) is 15.6. The summed E-state index contributed by atoms with van der Waals surface area (Å²) in [5, 5.41) is 0.0908. The topological polar surface area (TPSA) is 26.3 Å². The van der Waals surface area contributed by atoms with Gasteiger partial charge in [-0.05, 0) is 18.2 Å². The molecule has 0 heterocycles. The number of alkyl halides is 7. The molecule has 0 atom stereocenters. The number of benzene rings is 1. The maximum atomic E-state index is 12.7. The van der Waals surface area contributed by atoms with Crippen molar-refractivity contribution in [3.63, 3.8) is 0 Å². The van der Waals surface area contributed by atoms with Crippen molar-refractivity contribution in [3.8, 4) is 5.75 Å². The molecule has 0 aromatic heterocycles. The number of carbonyl (C=O) groups excluding carboxylic acids is 1. The monoisotopic (exact) mass is 364 g/mol. The molecule has 0 aliphatic carbocycles. The molecule has 2 nitrogen and oxygen atoms in total. The molecule has 0 bridgehead atoms. The van der Waals surface area contributed by atoms with Gasteiger partial charge in [-0.3, -0.25) is 4.79 Å². The van der Waals surface area contributed by atoms with E-state index in [9.17, 15) is 31.1 Å². The van der Waals surface area contributed by atoms with Crippen LogP contribution in [0.1, 0.15) is 22.3 Å². The molecule has 0 saturated carbocycles. The molecule has 0 unspecified atom stereocenters. The zero-order valence-corrected chi connectivity index (χ0v) is 11.2. The molecule has 0 amide bonds. The molecule has 0 saturated heterocycles. The first-order valence-electron chi connectivity index (χ1n) is 5.11. The van der Waals surface area contributed by atoms with Crippen molar-refractivity contribution in [2.75, 3.05) is 5.33 Å². The molecular weight excluding hydrogens is 358 g/mol. The van der Waals surface area contributed by atoms with Gasteiger partial charge in [0.2, 0.25) is 0 Å². The van der Waals surface area contributed by atoms with Crippen LogP contribution in [-0.2, 0) is 6.18 Å². The second kappa shape index (κ2) is 6.02. The summed E-state index contributed by atoms with van der Waals surface area (Å²) in [6, 6.07) is 1.35. The van der Waals surface area contributed by atoms with Gasteiger partial charge in [0.1, 0.15) is 5.75 Å². The number of hydrogen-bond donors (Lipinski definition) is 0. The molecule has 1 aromatic rings. The fourth-order valence-electron chi connectivity index (χ4n) is 1.42. The van der Waals surface area contributed by atoms with Crippen LogP contribution in [0.15, 0.2) is 18.2 Å². The van der Waals surface area contributed by atoms with Crippen molar-refractivity contribution in [3.05, 3.63) is 29.3 Å². The number of rotatable bonds is 4. The standard InChI is InChI=1S/C11H7BrF6O2/c12-4-3-9(19)7-5-6(20-11(16,17)18)1-2-8(7)10(13,14)15/h1-2,5H,3-4H2. The van der Waals surface area contributed by atoms with Crippen molar-refractivity contribution < 1.29 is 35.9 Å². The smallest absolute Gasteiger partial charge is 0.406 e. The van der Waals surface area contributed by atoms with E-state index in [2.05, 4.69) is 20.7 Å². The third kappa shape index (κ3) is 4.69. The number of carbonyl (C=O) groups is 1. The van der Waals surface area contributed by atoms with Crippen LogP contribution >= 0.6 is 15.9 Å².